The minimum absolute atomic E-state index is 0.230. The first-order chi connectivity index (χ1) is 29.3. The highest BCUT2D eigenvalue weighted by Gasteiger charge is 2.18. The lowest BCUT2D eigenvalue weighted by Crippen LogP contribution is -2.31. The van der Waals surface area contributed by atoms with Gasteiger partial charge in [0.1, 0.15) is 11.5 Å². The van der Waals surface area contributed by atoms with Gasteiger partial charge in [0, 0.05) is 63.2 Å². The maximum absolute atomic E-state index is 13.7. The van der Waals surface area contributed by atoms with Crippen LogP contribution in [0, 0.1) is 0 Å². The van der Waals surface area contributed by atoms with Gasteiger partial charge in [-0.15, -0.1) is 0 Å². The van der Waals surface area contributed by atoms with Crippen molar-refractivity contribution in [2.45, 2.75) is 116 Å². The van der Waals surface area contributed by atoms with Gasteiger partial charge in [0.2, 0.25) is 11.8 Å². The summed E-state index contributed by atoms with van der Waals surface area (Å²) in [5.41, 5.74) is 7.20. The first kappa shape index (κ1) is 46.4. The van der Waals surface area contributed by atoms with Crippen molar-refractivity contribution in [3.05, 3.63) is 119 Å². The lowest BCUT2D eigenvalue weighted by atomic mass is 10.0. The summed E-state index contributed by atoms with van der Waals surface area (Å²) in [4.78, 5) is 36.2. The number of rotatable bonds is 6. The average molecular weight is 817 g/mol. The number of methoxy groups -OCH3 is 2. The second-order valence-electron chi connectivity index (χ2n) is 16.9. The summed E-state index contributed by atoms with van der Waals surface area (Å²) < 4.78 is 11.3. The average Bonchev–Trinajstić information content (AvgIpc) is 3.26. The zero-order chi connectivity index (χ0) is 42.4. The molecule has 4 aromatic carbocycles. The number of ether oxygens (including phenoxy) is 2. The molecule has 0 spiro atoms. The summed E-state index contributed by atoms with van der Waals surface area (Å²) >= 11 is 0. The Morgan fingerprint density at radius 1 is 0.433 bits per heavy atom. The molecule has 2 amide bonds. The molecule has 4 aromatic rings. The van der Waals surface area contributed by atoms with E-state index in [9.17, 15) is 9.59 Å². The molecule has 3 aliphatic heterocycles. The van der Waals surface area contributed by atoms with Crippen molar-refractivity contribution in [3.8, 4) is 22.6 Å². The van der Waals surface area contributed by atoms with Crippen LogP contribution in [-0.2, 0) is 35.8 Å². The summed E-state index contributed by atoms with van der Waals surface area (Å²) in [7, 11) is 7.78. The van der Waals surface area contributed by atoms with Gasteiger partial charge in [-0.25, -0.2) is 0 Å². The largest absolute Gasteiger partial charge is 0.496 e. The summed E-state index contributed by atoms with van der Waals surface area (Å²) in [6.07, 6.45) is 13.5. The molecule has 0 unspecified atom stereocenters. The summed E-state index contributed by atoms with van der Waals surface area (Å²) in [6, 6.07) is 34.0. The molecular formula is C52H72N4O4. The fraction of sp³-hybridized carbons (Fsp3) is 0.500. The van der Waals surface area contributed by atoms with E-state index >= 15 is 0 Å². The number of amides is 2. The van der Waals surface area contributed by atoms with Crippen LogP contribution in [0.5, 0.6) is 11.5 Å². The summed E-state index contributed by atoms with van der Waals surface area (Å²) in [5.74, 6) is 2.12. The molecular weight excluding hydrogens is 745 g/mol. The van der Waals surface area contributed by atoms with Crippen LogP contribution in [0.4, 0.5) is 0 Å². The Balaban J connectivity index is 1.21. The number of hydrogen-bond acceptors (Lipinski definition) is 6. The van der Waals surface area contributed by atoms with E-state index in [-0.39, 0.29) is 11.8 Å². The monoisotopic (exact) mass is 817 g/mol. The zero-order valence-electron chi connectivity index (χ0n) is 37.2. The standard InChI is InChI=1S/C52H72N4O4/c1-53-35-17-9-11-25-51(57)55(41-47-21-13-15-23-49(47)59-3)37-19-7-5-6-8-20-38-56(42-48-22-14-16-24-50(48)60-4)52(58)26-12-10-18-36-54(2)40-44-29-33-46(34-30-44)45-31-27-43(39-53)28-32-45/h13-16,21-24,27-34H,5-12,17-20,25-26,35-42H2,1-4H3. The number of hydrogen-bond donors (Lipinski definition) is 0. The highest BCUT2D eigenvalue weighted by molar-refractivity contribution is 5.76. The fourth-order valence-electron chi connectivity index (χ4n) is 8.35. The molecule has 0 radical (unpaired) electrons. The van der Waals surface area contributed by atoms with Crippen molar-refractivity contribution in [2.24, 2.45) is 0 Å². The lowest BCUT2D eigenvalue weighted by molar-refractivity contribution is -0.132. The molecule has 4 bridgehead atoms. The molecule has 0 atom stereocenters. The Morgan fingerprint density at radius 3 is 1.18 bits per heavy atom. The Hall–Kier alpha value is -4.66. The predicted molar refractivity (Wildman–Crippen MR) is 246 cm³/mol. The Labute approximate surface area is 361 Å². The SMILES string of the molecule is COc1ccccc1CN1CCCCCCCCN(Cc2ccccc2OC)C(=O)CCCCCN(C)Cc2ccc(cc2)-c2ccc(cc2)CN(C)CCCCCC1=O. The van der Waals surface area contributed by atoms with Gasteiger partial charge >= 0.3 is 0 Å². The fourth-order valence-corrected chi connectivity index (χ4v) is 8.35. The number of carbonyl (C=O) groups is 2. The normalized spacial score (nSPS) is 17.7. The second kappa shape index (κ2) is 25.8. The van der Waals surface area contributed by atoms with Crippen LogP contribution in [-0.4, -0.2) is 85.9 Å². The van der Waals surface area contributed by atoms with Crippen LogP contribution in [0.15, 0.2) is 97.1 Å². The Morgan fingerprint density at radius 2 is 0.783 bits per heavy atom. The van der Waals surface area contributed by atoms with E-state index in [1.54, 1.807) is 14.2 Å². The third-order valence-corrected chi connectivity index (χ3v) is 11.9. The van der Waals surface area contributed by atoms with E-state index in [0.29, 0.717) is 25.9 Å². The van der Waals surface area contributed by atoms with Crippen molar-refractivity contribution in [3.63, 3.8) is 0 Å². The number of para-hydroxylation sites is 2. The zero-order valence-corrected chi connectivity index (χ0v) is 37.2. The Bertz CT molecular complexity index is 1710. The quantitative estimate of drug-likeness (QED) is 0.193. The number of fused-ring (bicyclic) bond motifs is 2. The number of carbonyl (C=O) groups excluding carboxylic acids is 2. The molecule has 3 aliphatic rings. The van der Waals surface area contributed by atoms with E-state index < -0.39 is 0 Å². The second-order valence-corrected chi connectivity index (χ2v) is 16.9. The molecule has 0 saturated carbocycles. The van der Waals surface area contributed by atoms with Crippen molar-refractivity contribution in [1.29, 1.82) is 0 Å². The molecule has 324 valence electrons. The molecule has 0 saturated heterocycles. The lowest BCUT2D eigenvalue weighted by Gasteiger charge is -2.24. The molecule has 0 aromatic heterocycles. The van der Waals surface area contributed by atoms with E-state index in [4.69, 9.17) is 9.47 Å². The van der Waals surface area contributed by atoms with Crippen LogP contribution in [0.2, 0.25) is 0 Å². The molecule has 60 heavy (non-hydrogen) atoms. The summed E-state index contributed by atoms with van der Waals surface area (Å²) in [5, 5.41) is 0. The minimum Gasteiger partial charge on any atom is -0.496 e. The first-order valence-electron chi connectivity index (χ1n) is 22.7. The third-order valence-electron chi connectivity index (χ3n) is 11.9. The van der Waals surface area contributed by atoms with E-state index in [2.05, 4.69) is 84.6 Å². The first-order valence-corrected chi connectivity index (χ1v) is 22.7. The minimum atomic E-state index is 0.230. The van der Waals surface area contributed by atoms with Crippen LogP contribution in [0.1, 0.15) is 112 Å². The van der Waals surface area contributed by atoms with Gasteiger partial charge in [0.15, 0.2) is 0 Å². The molecule has 8 nitrogen and oxygen atoms in total. The highest BCUT2D eigenvalue weighted by atomic mass is 16.5. The predicted octanol–water partition coefficient (Wildman–Crippen LogP) is 10.8. The van der Waals surface area contributed by atoms with Gasteiger partial charge in [-0.1, -0.05) is 123 Å². The van der Waals surface area contributed by atoms with Crippen molar-refractivity contribution < 1.29 is 19.1 Å². The molecule has 0 aliphatic carbocycles. The van der Waals surface area contributed by atoms with Crippen molar-refractivity contribution in [1.82, 2.24) is 19.6 Å². The van der Waals surface area contributed by atoms with Gasteiger partial charge < -0.3 is 29.1 Å². The van der Waals surface area contributed by atoms with Gasteiger partial charge in [-0.05, 0) is 100 Å². The molecule has 0 N–H and O–H groups in total. The van der Waals surface area contributed by atoms with Crippen LogP contribution in [0.3, 0.4) is 0 Å². The van der Waals surface area contributed by atoms with Gasteiger partial charge in [0.05, 0.1) is 14.2 Å². The third kappa shape index (κ3) is 15.7. The van der Waals surface area contributed by atoms with Crippen LogP contribution < -0.4 is 9.47 Å². The van der Waals surface area contributed by atoms with Crippen molar-refractivity contribution in [2.75, 3.05) is 54.5 Å². The number of benzene rings is 4. The summed E-state index contributed by atoms with van der Waals surface area (Å²) in [6.45, 7) is 6.49. The highest BCUT2D eigenvalue weighted by Crippen LogP contribution is 2.24. The van der Waals surface area contributed by atoms with E-state index in [1.807, 2.05) is 46.2 Å². The molecule has 0 fully saturated rings. The molecule has 8 heteroatoms. The van der Waals surface area contributed by atoms with Gasteiger partial charge in [0.25, 0.3) is 0 Å². The topological polar surface area (TPSA) is 65.6 Å². The smallest absolute Gasteiger partial charge is 0.222 e. The maximum Gasteiger partial charge on any atom is 0.222 e. The van der Waals surface area contributed by atoms with Crippen LogP contribution in [0.25, 0.3) is 11.1 Å². The van der Waals surface area contributed by atoms with Gasteiger partial charge in [-0.3, -0.25) is 9.59 Å². The molecule has 7 rings (SSSR count). The maximum atomic E-state index is 13.7. The van der Waals surface area contributed by atoms with E-state index in [0.717, 1.165) is 139 Å². The van der Waals surface area contributed by atoms with Crippen molar-refractivity contribution >= 4 is 11.8 Å². The Kier molecular flexibility index (Phi) is 20.0. The van der Waals surface area contributed by atoms with Gasteiger partial charge in [-0.2, -0.15) is 0 Å². The number of nitrogens with zero attached hydrogens (tertiary/aromatic N) is 4. The van der Waals surface area contributed by atoms with E-state index in [1.165, 1.54) is 22.3 Å². The van der Waals surface area contributed by atoms with Crippen LogP contribution >= 0.6 is 0 Å². The molecule has 3 heterocycles.